The number of fused-ring (bicyclic) bond motifs is 4. The number of amides is 3. The molecule has 1 N–H and O–H groups in total. The minimum atomic E-state index is -0.937. The second kappa shape index (κ2) is 7.61. The highest BCUT2D eigenvalue weighted by Crippen LogP contribution is 2.48. The fourth-order valence-electron chi connectivity index (χ4n) is 5.91. The maximum atomic E-state index is 13.8. The molecule has 3 aliphatic heterocycles. The predicted octanol–water partition coefficient (Wildman–Crippen LogP) is 4.59. The molecule has 0 aliphatic carbocycles. The Bertz CT molecular complexity index is 1250. The highest BCUT2D eigenvalue weighted by molar-refractivity contribution is 6.31. The maximum absolute atomic E-state index is 13.8. The van der Waals surface area contributed by atoms with Crippen LogP contribution in [0.4, 0.5) is 4.79 Å². The van der Waals surface area contributed by atoms with Crippen LogP contribution in [-0.4, -0.2) is 63.3 Å². The lowest BCUT2D eigenvalue weighted by atomic mass is 9.81. The number of halogens is 1. The van der Waals surface area contributed by atoms with E-state index in [1.165, 1.54) is 17.7 Å². The number of urea groups is 1. The molecule has 0 bridgehead atoms. The quantitative estimate of drug-likeness (QED) is 0.577. The second-order valence-corrected chi connectivity index (χ2v) is 10.1. The van der Waals surface area contributed by atoms with Crippen molar-refractivity contribution in [1.82, 2.24) is 19.7 Å². The van der Waals surface area contributed by atoms with Crippen molar-refractivity contribution in [3.8, 4) is 0 Å². The van der Waals surface area contributed by atoms with Crippen LogP contribution in [-0.2, 0) is 11.2 Å². The molecule has 2 saturated heterocycles. The number of aromatic amines is 1. The van der Waals surface area contributed by atoms with Gasteiger partial charge < -0.3 is 9.88 Å². The van der Waals surface area contributed by atoms with Gasteiger partial charge in [0.1, 0.15) is 11.6 Å². The van der Waals surface area contributed by atoms with Gasteiger partial charge in [-0.1, -0.05) is 41.9 Å². The molecule has 3 aliphatic rings. The third-order valence-corrected chi connectivity index (χ3v) is 7.82. The van der Waals surface area contributed by atoms with Crippen molar-refractivity contribution in [3.05, 3.63) is 70.4 Å². The Morgan fingerprint density at radius 2 is 1.82 bits per heavy atom. The molecule has 33 heavy (non-hydrogen) atoms. The lowest BCUT2D eigenvalue weighted by Crippen LogP contribution is -2.53. The number of H-pyrrole nitrogens is 1. The topological polar surface area (TPSA) is 59.7 Å². The predicted molar refractivity (Wildman–Crippen MR) is 128 cm³/mol. The Morgan fingerprint density at radius 1 is 1.06 bits per heavy atom. The van der Waals surface area contributed by atoms with Crippen LogP contribution in [0.1, 0.15) is 42.6 Å². The number of carbonyl (C=O) groups excluding carboxylic acids is 2. The summed E-state index contributed by atoms with van der Waals surface area (Å²) in [6, 6.07) is 15.2. The van der Waals surface area contributed by atoms with Crippen molar-refractivity contribution < 1.29 is 9.59 Å². The first kappa shape index (κ1) is 20.8. The summed E-state index contributed by atoms with van der Waals surface area (Å²) in [7, 11) is 0. The summed E-state index contributed by atoms with van der Waals surface area (Å²) in [5.41, 5.74) is 3.07. The number of benzene rings is 2. The smallest absolute Gasteiger partial charge is 0.328 e. The number of carbonyl (C=O) groups is 2. The number of nitrogens with one attached hydrogen (secondary N) is 1. The molecule has 0 spiro atoms. The lowest BCUT2D eigenvalue weighted by Gasteiger charge is -2.42. The summed E-state index contributed by atoms with van der Waals surface area (Å²) < 4.78 is 0. The highest BCUT2D eigenvalue weighted by Gasteiger charge is 2.60. The monoisotopic (exact) mass is 462 g/mol. The molecule has 170 valence electrons. The molecule has 2 atom stereocenters. The zero-order valence-electron chi connectivity index (χ0n) is 18.7. The van der Waals surface area contributed by atoms with Crippen LogP contribution < -0.4 is 0 Å². The van der Waals surface area contributed by atoms with E-state index in [0.717, 1.165) is 47.4 Å². The van der Waals surface area contributed by atoms with Crippen molar-refractivity contribution in [2.75, 3.05) is 26.2 Å². The second-order valence-electron chi connectivity index (χ2n) is 9.63. The fourth-order valence-corrected chi connectivity index (χ4v) is 6.08. The van der Waals surface area contributed by atoms with Gasteiger partial charge in [0.25, 0.3) is 5.91 Å². The zero-order chi connectivity index (χ0) is 22.7. The number of rotatable bonds is 4. The number of likely N-dealkylation sites (tertiary alicyclic amines) is 1. The summed E-state index contributed by atoms with van der Waals surface area (Å²) in [6.07, 6.45) is 2.84. The summed E-state index contributed by atoms with van der Waals surface area (Å²) in [4.78, 5) is 36.8. The molecule has 0 saturated carbocycles. The fraction of sp³-hybridized carbons (Fsp3) is 0.385. The van der Waals surface area contributed by atoms with Gasteiger partial charge in [-0.2, -0.15) is 0 Å². The number of hydrogen-bond acceptors (Lipinski definition) is 3. The average molecular weight is 463 g/mol. The molecule has 6 nitrogen and oxygen atoms in total. The number of hydrogen-bond donors (Lipinski definition) is 1. The Balaban J connectivity index is 1.46. The molecule has 2 aromatic carbocycles. The molecular weight excluding hydrogens is 436 g/mol. The first-order chi connectivity index (χ1) is 16.0. The Kier molecular flexibility index (Phi) is 4.78. The molecule has 4 heterocycles. The Morgan fingerprint density at radius 3 is 2.58 bits per heavy atom. The normalized spacial score (nSPS) is 25.2. The van der Waals surface area contributed by atoms with E-state index in [1.54, 1.807) is 0 Å². The van der Waals surface area contributed by atoms with E-state index in [1.807, 2.05) is 60.4 Å². The molecule has 0 unspecified atom stereocenters. The summed E-state index contributed by atoms with van der Waals surface area (Å²) in [5, 5.41) is 1.68. The first-order valence-corrected chi connectivity index (χ1v) is 12.1. The van der Waals surface area contributed by atoms with E-state index in [-0.39, 0.29) is 18.0 Å². The third kappa shape index (κ3) is 3.11. The van der Waals surface area contributed by atoms with Gasteiger partial charge in [-0.15, -0.1) is 0 Å². The molecule has 3 aromatic rings. The Hall–Kier alpha value is -2.83. The number of imide groups is 1. The first-order valence-electron chi connectivity index (χ1n) is 11.7. The molecular formula is C26H27ClN4O2. The van der Waals surface area contributed by atoms with Gasteiger partial charge in [0.05, 0.1) is 0 Å². The third-order valence-electron chi connectivity index (χ3n) is 7.58. The largest absolute Gasteiger partial charge is 0.356 e. The van der Waals surface area contributed by atoms with Crippen LogP contribution >= 0.6 is 11.6 Å². The van der Waals surface area contributed by atoms with E-state index in [2.05, 4.69) is 9.88 Å². The lowest BCUT2D eigenvalue weighted by molar-refractivity contribution is -0.133. The minimum absolute atomic E-state index is 0.102. The van der Waals surface area contributed by atoms with Crippen LogP contribution in [0.5, 0.6) is 0 Å². The maximum Gasteiger partial charge on any atom is 0.328 e. The molecule has 0 radical (unpaired) electrons. The Labute approximate surface area is 198 Å². The van der Waals surface area contributed by atoms with E-state index < -0.39 is 5.54 Å². The van der Waals surface area contributed by atoms with Gasteiger partial charge in [-0.3, -0.25) is 14.6 Å². The van der Waals surface area contributed by atoms with E-state index in [0.29, 0.717) is 18.0 Å². The zero-order valence-corrected chi connectivity index (χ0v) is 19.4. The highest BCUT2D eigenvalue weighted by atomic mass is 35.5. The van der Waals surface area contributed by atoms with Gasteiger partial charge in [0.15, 0.2) is 0 Å². The van der Waals surface area contributed by atoms with Crippen LogP contribution in [0.25, 0.3) is 10.9 Å². The van der Waals surface area contributed by atoms with Crippen molar-refractivity contribution in [2.45, 2.75) is 37.8 Å². The van der Waals surface area contributed by atoms with Crippen molar-refractivity contribution >= 4 is 34.4 Å². The van der Waals surface area contributed by atoms with Crippen molar-refractivity contribution in [3.63, 3.8) is 0 Å². The summed E-state index contributed by atoms with van der Waals surface area (Å²) in [5.74, 6) is -0.102. The van der Waals surface area contributed by atoms with Gasteiger partial charge in [0, 0.05) is 41.1 Å². The van der Waals surface area contributed by atoms with E-state index in [4.69, 9.17) is 11.6 Å². The van der Waals surface area contributed by atoms with Crippen molar-refractivity contribution in [2.24, 2.45) is 0 Å². The van der Waals surface area contributed by atoms with Crippen molar-refractivity contribution in [1.29, 1.82) is 0 Å². The average Bonchev–Trinajstić information content (AvgIpc) is 3.50. The minimum Gasteiger partial charge on any atom is -0.356 e. The van der Waals surface area contributed by atoms with Crippen LogP contribution in [0.15, 0.2) is 48.5 Å². The number of nitrogens with zero attached hydrogens (tertiary/aromatic N) is 3. The van der Waals surface area contributed by atoms with Gasteiger partial charge in [0.2, 0.25) is 0 Å². The SMILES string of the molecule is C[C@@]12Cc3c([nH]c4ccc(Cl)cc34)[C@@H](c3ccccc3)N1C(=O)N(CCN1CCCC1)C2=O. The van der Waals surface area contributed by atoms with E-state index in [9.17, 15) is 9.59 Å². The molecule has 7 heteroatoms. The van der Waals surface area contributed by atoms with Crippen LogP contribution in [0.2, 0.25) is 5.02 Å². The summed E-state index contributed by atoms with van der Waals surface area (Å²) >= 11 is 6.34. The summed E-state index contributed by atoms with van der Waals surface area (Å²) in [6.45, 7) is 5.18. The molecule has 3 amide bonds. The number of aromatic nitrogens is 1. The molecule has 6 rings (SSSR count). The van der Waals surface area contributed by atoms with Crippen LogP contribution in [0, 0.1) is 0 Å². The van der Waals surface area contributed by atoms with E-state index >= 15 is 0 Å². The van der Waals surface area contributed by atoms with Crippen LogP contribution in [0.3, 0.4) is 0 Å². The standard InChI is InChI=1S/C26H27ClN4O2/c1-26-16-20-19-15-18(27)9-10-21(19)28-22(20)23(17-7-3-2-4-8-17)31(26)25(33)30(24(26)32)14-13-29-11-5-6-12-29/h2-4,7-10,15,23,28H,5-6,11-14,16H2,1H3/t23-,26+/m1/s1. The van der Waals surface area contributed by atoms with Gasteiger partial charge in [-0.25, -0.2) is 4.79 Å². The van der Waals surface area contributed by atoms with Gasteiger partial charge >= 0.3 is 6.03 Å². The molecule has 2 fully saturated rings. The van der Waals surface area contributed by atoms with Gasteiger partial charge in [-0.05, 0) is 62.2 Å². The molecule has 1 aromatic heterocycles.